The van der Waals surface area contributed by atoms with Gasteiger partial charge < -0.3 is 10.6 Å². The third kappa shape index (κ3) is 4.51. The summed E-state index contributed by atoms with van der Waals surface area (Å²) in [5.74, 6) is 0.739. The summed E-state index contributed by atoms with van der Waals surface area (Å²) in [7, 11) is 0. The average Bonchev–Trinajstić information content (AvgIpc) is 2.62. The van der Waals surface area contributed by atoms with Crippen LogP contribution in [0.25, 0.3) is 0 Å². The summed E-state index contributed by atoms with van der Waals surface area (Å²) in [6, 6.07) is 12.5. The van der Waals surface area contributed by atoms with E-state index in [0.29, 0.717) is 28.9 Å². The first-order valence-electron chi connectivity index (χ1n) is 7.66. The van der Waals surface area contributed by atoms with Crippen molar-refractivity contribution in [1.82, 2.24) is 15.0 Å². The maximum absolute atomic E-state index is 12.4. The number of anilines is 2. The van der Waals surface area contributed by atoms with Crippen molar-refractivity contribution in [3.05, 3.63) is 77.0 Å². The highest BCUT2D eigenvalue weighted by Gasteiger charge is 2.12. The fraction of sp³-hybridized carbons (Fsp3) is 0.111. The van der Waals surface area contributed by atoms with Gasteiger partial charge in [0, 0.05) is 25.0 Å². The first-order valence-corrected chi connectivity index (χ1v) is 8.04. The topological polar surface area (TPSA) is 79.8 Å². The molecular weight excluding hydrogens is 338 g/mol. The Morgan fingerprint density at radius 2 is 1.88 bits per heavy atom. The van der Waals surface area contributed by atoms with Crippen LogP contribution in [0.15, 0.2) is 54.9 Å². The molecule has 0 spiro atoms. The summed E-state index contributed by atoms with van der Waals surface area (Å²) < 4.78 is 0. The molecule has 2 aromatic heterocycles. The fourth-order valence-electron chi connectivity index (χ4n) is 2.22. The molecule has 25 heavy (non-hydrogen) atoms. The summed E-state index contributed by atoms with van der Waals surface area (Å²) in [4.78, 5) is 24.9. The number of halogens is 1. The van der Waals surface area contributed by atoms with Gasteiger partial charge in [0.05, 0.1) is 10.7 Å². The zero-order valence-electron chi connectivity index (χ0n) is 13.5. The van der Waals surface area contributed by atoms with Crippen molar-refractivity contribution < 1.29 is 4.79 Å². The van der Waals surface area contributed by atoms with E-state index in [1.165, 1.54) is 0 Å². The Bertz CT molecular complexity index is 886. The molecule has 0 aliphatic heterocycles. The van der Waals surface area contributed by atoms with Crippen molar-refractivity contribution in [3.8, 4) is 0 Å². The number of para-hydroxylation sites is 1. The molecule has 3 aromatic rings. The molecule has 126 valence electrons. The Labute approximate surface area is 150 Å². The van der Waals surface area contributed by atoms with Gasteiger partial charge in [0.15, 0.2) is 0 Å². The molecule has 0 atom stereocenters. The van der Waals surface area contributed by atoms with Gasteiger partial charge in [-0.2, -0.15) is 0 Å². The van der Waals surface area contributed by atoms with E-state index in [1.54, 1.807) is 49.6 Å². The van der Waals surface area contributed by atoms with Gasteiger partial charge in [-0.3, -0.25) is 9.78 Å². The van der Waals surface area contributed by atoms with Gasteiger partial charge in [-0.25, -0.2) is 9.97 Å². The number of nitrogens with zero attached hydrogens (tertiary/aromatic N) is 3. The monoisotopic (exact) mass is 353 g/mol. The Balaban J connectivity index is 1.74. The minimum absolute atomic E-state index is 0.268. The molecule has 0 aliphatic carbocycles. The molecule has 2 heterocycles. The average molecular weight is 354 g/mol. The molecule has 3 rings (SSSR count). The highest BCUT2D eigenvalue weighted by atomic mass is 35.5. The number of rotatable bonds is 5. The third-order valence-corrected chi connectivity index (χ3v) is 3.75. The van der Waals surface area contributed by atoms with Crippen LogP contribution in [0.2, 0.25) is 5.02 Å². The number of carbonyl (C=O) groups is 1. The third-order valence-electron chi connectivity index (χ3n) is 3.42. The van der Waals surface area contributed by atoms with Crippen LogP contribution >= 0.6 is 11.6 Å². The van der Waals surface area contributed by atoms with Crippen LogP contribution in [-0.2, 0) is 6.54 Å². The van der Waals surface area contributed by atoms with Crippen LogP contribution in [0, 0.1) is 6.92 Å². The summed E-state index contributed by atoms with van der Waals surface area (Å²) in [6.45, 7) is 2.31. The van der Waals surface area contributed by atoms with Gasteiger partial charge in [0.2, 0.25) is 0 Å². The van der Waals surface area contributed by atoms with E-state index in [1.807, 2.05) is 12.1 Å². The lowest BCUT2D eigenvalue weighted by atomic mass is 10.2. The normalized spacial score (nSPS) is 10.3. The molecule has 0 unspecified atom stereocenters. The van der Waals surface area contributed by atoms with Crippen LogP contribution in [0.5, 0.6) is 0 Å². The number of pyridine rings is 1. The fourth-order valence-corrected chi connectivity index (χ4v) is 2.40. The van der Waals surface area contributed by atoms with E-state index in [9.17, 15) is 4.79 Å². The maximum atomic E-state index is 12.4. The van der Waals surface area contributed by atoms with Crippen molar-refractivity contribution in [3.63, 3.8) is 0 Å². The number of benzene rings is 1. The minimum Gasteiger partial charge on any atom is -0.366 e. The van der Waals surface area contributed by atoms with Crippen LogP contribution < -0.4 is 10.6 Å². The van der Waals surface area contributed by atoms with Crippen LogP contribution in [0.3, 0.4) is 0 Å². The number of hydrogen-bond acceptors (Lipinski definition) is 5. The second-order valence-electron chi connectivity index (χ2n) is 5.33. The van der Waals surface area contributed by atoms with E-state index >= 15 is 0 Å². The van der Waals surface area contributed by atoms with Crippen LogP contribution in [0.1, 0.15) is 21.9 Å². The van der Waals surface area contributed by atoms with E-state index in [-0.39, 0.29) is 11.6 Å². The van der Waals surface area contributed by atoms with E-state index in [4.69, 9.17) is 11.6 Å². The van der Waals surface area contributed by atoms with Gasteiger partial charge in [-0.1, -0.05) is 23.7 Å². The van der Waals surface area contributed by atoms with Crippen molar-refractivity contribution in [2.24, 2.45) is 0 Å². The lowest BCUT2D eigenvalue weighted by Crippen LogP contribution is -2.16. The van der Waals surface area contributed by atoms with E-state index in [2.05, 4.69) is 25.6 Å². The molecule has 7 heteroatoms. The SMILES string of the molecule is Cc1nc(NCc2ccncc2)cc(C(=O)Nc2ccccc2Cl)n1. The number of hydrogen-bond donors (Lipinski definition) is 2. The predicted molar refractivity (Wildman–Crippen MR) is 97.7 cm³/mol. The lowest BCUT2D eigenvalue weighted by molar-refractivity contribution is 0.102. The number of nitrogens with one attached hydrogen (secondary N) is 2. The molecule has 0 aliphatic rings. The van der Waals surface area contributed by atoms with E-state index < -0.39 is 0 Å². The molecule has 1 amide bonds. The Morgan fingerprint density at radius 1 is 1.12 bits per heavy atom. The summed E-state index contributed by atoms with van der Waals surface area (Å²) in [5.41, 5.74) is 1.87. The molecule has 0 saturated carbocycles. The number of amides is 1. The lowest BCUT2D eigenvalue weighted by Gasteiger charge is -2.10. The van der Waals surface area contributed by atoms with Gasteiger partial charge in [0.25, 0.3) is 5.91 Å². The quantitative estimate of drug-likeness (QED) is 0.731. The minimum atomic E-state index is -0.342. The number of carbonyl (C=O) groups excluding carboxylic acids is 1. The first-order chi connectivity index (χ1) is 12.1. The molecule has 0 fully saturated rings. The van der Waals surface area contributed by atoms with Gasteiger partial charge in [-0.05, 0) is 36.8 Å². The second kappa shape index (κ2) is 7.72. The first kappa shape index (κ1) is 16.9. The van der Waals surface area contributed by atoms with Crippen molar-refractivity contribution >= 4 is 29.0 Å². The zero-order valence-corrected chi connectivity index (χ0v) is 14.3. The highest BCUT2D eigenvalue weighted by molar-refractivity contribution is 6.33. The summed E-state index contributed by atoms with van der Waals surface area (Å²) in [5, 5.41) is 6.41. The molecule has 0 radical (unpaired) electrons. The van der Waals surface area contributed by atoms with Crippen LogP contribution in [0.4, 0.5) is 11.5 Å². The standard InChI is InChI=1S/C18H16ClN5O/c1-12-22-16(18(25)24-15-5-3-2-4-14(15)19)10-17(23-12)21-11-13-6-8-20-9-7-13/h2-10H,11H2,1H3,(H,24,25)(H,21,22,23). The number of aryl methyl sites for hydroxylation is 1. The smallest absolute Gasteiger partial charge is 0.274 e. The van der Waals surface area contributed by atoms with E-state index in [0.717, 1.165) is 5.56 Å². The summed E-state index contributed by atoms with van der Waals surface area (Å²) >= 11 is 6.07. The highest BCUT2D eigenvalue weighted by Crippen LogP contribution is 2.21. The molecule has 0 saturated heterocycles. The van der Waals surface area contributed by atoms with Gasteiger partial charge in [-0.15, -0.1) is 0 Å². The largest absolute Gasteiger partial charge is 0.366 e. The Kier molecular flexibility index (Phi) is 5.20. The second-order valence-corrected chi connectivity index (χ2v) is 5.74. The molecule has 6 nitrogen and oxygen atoms in total. The predicted octanol–water partition coefficient (Wildman–Crippen LogP) is 3.70. The Hall–Kier alpha value is -2.99. The summed E-state index contributed by atoms with van der Waals surface area (Å²) in [6.07, 6.45) is 3.45. The maximum Gasteiger partial charge on any atom is 0.274 e. The molecular formula is C18H16ClN5O. The number of aromatic nitrogens is 3. The zero-order chi connectivity index (χ0) is 17.6. The van der Waals surface area contributed by atoms with Crippen LogP contribution in [-0.4, -0.2) is 20.9 Å². The van der Waals surface area contributed by atoms with Crippen molar-refractivity contribution in [2.45, 2.75) is 13.5 Å². The Morgan fingerprint density at radius 3 is 2.64 bits per heavy atom. The van der Waals surface area contributed by atoms with Gasteiger partial charge >= 0.3 is 0 Å². The molecule has 2 N–H and O–H groups in total. The van der Waals surface area contributed by atoms with Crippen molar-refractivity contribution in [1.29, 1.82) is 0 Å². The molecule has 1 aromatic carbocycles. The molecule has 0 bridgehead atoms. The van der Waals surface area contributed by atoms with Gasteiger partial charge in [0.1, 0.15) is 17.3 Å². The van der Waals surface area contributed by atoms with Crippen molar-refractivity contribution in [2.75, 3.05) is 10.6 Å².